The molecule has 0 saturated carbocycles. The highest BCUT2D eigenvalue weighted by atomic mass is 16.2. The van der Waals surface area contributed by atoms with Gasteiger partial charge in [0.2, 0.25) is 5.91 Å². The molecule has 4 rings (SSSR count). The number of aromatic amines is 1. The molecule has 0 atom stereocenters. The third kappa shape index (κ3) is 5.31. The predicted molar refractivity (Wildman–Crippen MR) is 131 cm³/mol. The van der Waals surface area contributed by atoms with Gasteiger partial charge in [0.25, 0.3) is 0 Å². The molecule has 0 spiro atoms. The van der Waals surface area contributed by atoms with Crippen molar-refractivity contribution in [2.24, 2.45) is 4.99 Å². The molecule has 0 unspecified atom stereocenters. The van der Waals surface area contributed by atoms with Crippen LogP contribution < -0.4 is 10.6 Å². The highest BCUT2D eigenvalue weighted by Crippen LogP contribution is 2.20. The Hall–Kier alpha value is -3.28. The number of amides is 1. The molecule has 2 heterocycles. The molecule has 2 aromatic carbocycles. The molecule has 3 aromatic rings. The molecule has 168 valence electrons. The maximum Gasteiger partial charge on any atom is 0.222 e. The zero-order valence-electron chi connectivity index (χ0n) is 19.1. The van der Waals surface area contributed by atoms with Crippen LogP contribution in [0.4, 0.5) is 0 Å². The van der Waals surface area contributed by atoms with Crippen molar-refractivity contribution in [1.82, 2.24) is 20.5 Å². The number of benzene rings is 2. The van der Waals surface area contributed by atoms with Gasteiger partial charge in [0, 0.05) is 56.7 Å². The van der Waals surface area contributed by atoms with Crippen LogP contribution in [0, 0.1) is 6.92 Å². The molecule has 1 aromatic heterocycles. The standard InChI is InChI=1S/C26H33N5O/c1-19-9-10-23-21(17-30-24(23)16-19)11-14-29-26(27-2)28-13-5-8-25(32)31-15-12-20-6-3-4-7-22(20)18-31/h3-4,6-7,9-10,16-17,30H,5,8,11-15,18H2,1-2H3,(H2,27,28,29). The quantitative estimate of drug-likeness (QED) is 0.304. The van der Waals surface area contributed by atoms with E-state index in [0.29, 0.717) is 6.42 Å². The summed E-state index contributed by atoms with van der Waals surface area (Å²) in [5, 5.41) is 7.98. The minimum atomic E-state index is 0.235. The van der Waals surface area contributed by atoms with E-state index in [1.54, 1.807) is 7.05 Å². The van der Waals surface area contributed by atoms with Gasteiger partial charge in [-0.15, -0.1) is 0 Å². The first-order chi connectivity index (χ1) is 15.6. The van der Waals surface area contributed by atoms with E-state index >= 15 is 0 Å². The van der Waals surface area contributed by atoms with Gasteiger partial charge in [-0.2, -0.15) is 0 Å². The number of carbonyl (C=O) groups excluding carboxylic acids is 1. The lowest BCUT2D eigenvalue weighted by molar-refractivity contribution is -0.132. The number of hydrogen-bond donors (Lipinski definition) is 3. The van der Waals surface area contributed by atoms with E-state index in [-0.39, 0.29) is 5.91 Å². The number of nitrogens with one attached hydrogen (secondary N) is 3. The first-order valence-corrected chi connectivity index (χ1v) is 11.5. The van der Waals surface area contributed by atoms with E-state index in [1.165, 1.54) is 33.2 Å². The van der Waals surface area contributed by atoms with E-state index in [1.807, 2.05) is 4.90 Å². The molecular formula is C26H33N5O. The van der Waals surface area contributed by atoms with Gasteiger partial charge in [0.15, 0.2) is 5.96 Å². The van der Waals surface area contributed by atoms with Crippen molar-refractivity contribution < 1.29 is 4.79 Å². The van der Waals surface area contributed by atoms with Gasteiger partial charge in [-0.3, -0.25) is 9.79 Å². The summed E-state index contributed by atoms with van der Waals surface area (Å²) in [6, 6.07) is 14.9. The first kappa shape index (κ1) is 21.9. The second-order valence-corrected chi connectivity index (χ2v) is 8.48. The van der Waals surface area contributed by atoms with Gasteiger partial charge in [0.1, 0.15) is 0 Å². The third-order valence-electron chi connectivity index (χ3n) is 6.18. The number of nitrogens with zero attached hydrogens (tertiary/aromatic N) is 2. The molecule has 0 radical (unpaired) electrons. The molecule has 0 saturated heterocycles. The summed E-state index contributed by atoms with van der Waals surface area (Å²) in [6.45, 7) is 5.18. The Morgan fingerprint density at radius 3 is 2.78 bits per heavy atom. The van der Waals surface area contributed by atoms with Crippen LogP contribution in [0.5, 0.6) is 0 Å². The molecular weight excluding hydrogens is 398 g/mol. The number of carbonyl (C=O) groups is 1. The van der Waals surface area contributed by atoms with Gasteiger partial charge in [-0.25, -0.2) is 0 Å². The Balaban J connectivity index is 1.16. The van der Waals surface area contributed by atoms with Crippen LogP contribution in [0.25, 0.3) is 10.9 Å². The summed E-state index contributed by atoms with van der Waals surface area (Å²) in [7, 11) is 1.78. The Morgan fingerprint density at radius 1 is 1.12 bits per heavy atom. The fourth-order valence-corrected chi connectivity index (χ4v) is 4.36. The van der Waals surface area contributed by atoms with Gasteiger partial charge >= 0.3 is 0 Å². The molecule has 1 amide bonds. The Labute approximate surface area is 190 Å². The van der Waals surface area contributed by atoms with Crippen LogP contribution in [0.2, 0.25) is 0 Å². The van der Waals surface area contributed by atoms with Crippen LogP contribution in [0.15, 0.2) is 53.7 Å². The number of aryl methyl sites for hydroxylation is 1. The molecule has 3 N–H and O–H groups in total. The molecule has 6 nitrogen and oxygen atoms in total. The summed E-state index contributed by atoms with van der Waals surface area (Å²) >= 11 is 0. The van der Waals surface area contributed by atoms with Gasteiger partial charge in [0.05, 0.1) is 0 Å². The van der Waals surface area contributed by atoms with Gasteiger partial charge < -0.3 is 20.5 Å². The summed E-state index contributed by atoms with van der Waals surface area (Å²) in [6.07, 6.45) is 5.30. The van der Waals surface area contributed by atoms with Crippen molar-refractivity contribution in [3.05, 3.63) is 70.9 Å². The SMILES string of the molecule is CN=C(NCCCC(=O)N1CCc2ccccc2C1)NCCc1c[nH]c2cc(C)ccc12. The highest BCUT2D eigenvalue weighted by Gasteiger charge is 2.19. The van der Waals surface area contributed by atoms with Crippen molar-refractivity contribution in [3.63, 3.8) is 0 Å². The first-order valence-electron chi connectivity index (χ1n) is 11.5. The summed E-state index contributed by atoms with van der Waals surface area (Å²) in [5.41, 5.74) is 6.40. The van der Waals surface area contributed by atoms with Crippen LogP contribution in [0.3, 0.4) is 0 Å². The second kappa shape index (κ2) is 10.4. The lowest BCUT2D eigenvalue weighted by atomic mass is 9.99. The number of rotatable bonds is 7. The number of aliphatic imine (C=N–C) groups is 1. The van der Waals surface area contributed by atoms with E-state index in [2.05, 4.69) is 76.2 Å². The Kier molecular flexibility index (Phi) is 7.10. The average molecular weight is 432 g/mol. The van der Waals surface area contributed by atoms with Gasteiger partial charge in [-0.05, 0) is 54.5 Å². The fourth-order valence-electron chi connectivity index (χ4n) is 4.36. The number of H-pyrrole nitrogens is 1. The minimum absolute atomic E-state index is 0.235. The predicted octanol–water partition coefficient (Wildman–Crippen LogP) is 3.55. The Bertz CT molecular complexity index is 1100. The lowest BCUT2D eigenvalue weighted by Crippen LogP contribution is -2.39. The van der Waals surface area contributed by atoms with Crippen molar-refractivity contribution in [2.75, 3.05) is 26.7 Å². The summed E-state index contributed by atoms with van der Waals surface area (Å²) in [5.74, 6) is 1.01. The third-order valence-corrected chi connectivity index (χ3v) is 6.18. The number of hydrogen-bond acceptors (Lipinski definition) is 2. The molecule has 1 aliphatic heterocycles. The second-order valence-electron chi connectivity index (χ2n) is 8.48. The zero-order chi connectivity index (χ0) is 22.3. The summed E-state index contributed by atoms with van der Waals surface area (Å²) in [4.78, 5) is 22.2. The summed E-state index contributed by atoms with van der Waals surface area (Å²) < 4.78 is 0. The van der Waals surface area contributed by atoms with E-state index < -0.39 is 0 Å². The molecule has 0 aliphatic carbocycles. The van der Waals surface area contributed by atoms with E-state index in [9.17, 15) is 4.79 Å². The molecule has 1 aliphatic rings. The topological polar surface area (TPSA) is 72.5 Å². The van der Waals surface area contributed by atoms with Crippen LogP contribution in [0.1, 0.15) is 35.1 Å². The zero-order valence-corrected chi connectivity index (χ0v) is 19.1. The van der Waals surface area contributed by atoms with Crippen molar-refractivity contribution in [1.29, 1.82) is 0 Å². The van der Waals surface area contributed by atoms with E-state index in [0.717, 1.165) is 51.4 Å². The number of fused-ring (bicyclic) bond motifs is 2. The number of aromatic nitrogens is 1. The molecule has 6 heteroatoms. The highest BCUT2D eigenvalue weighted by molar-refractivity contribution is 5.84. The fraction of sp³-hybridized carbons (Fsp3) is 0.385. The average Bonchev–Trinajstić information content (AvgIpc) is 3.21. The van der Waals surface area contributed by atoms with Crippen LogP contribution in [-0.4, -0.2) is 48.4 Å². The smallest absolute Gasteiger partial charge is 0.222 e. The Morgan fingerprint density at radius 2 is 1.94 bits per heavy atom. The molecule has 0 fully saturated rings. The minimum Gasteiger partial charge on any atom is -0.361 e. The van der Waals surface area contributed by atoms with Crippen molar-refractivity contribution >= 4 is 22.8 Å². The van der Waals surface area contributed by atoms with Crippen LogP contribution >= 0.6 is 0 Å². The molecule has 0 bridgehead atoms. The van der Waals surface area contributed by atoms with Crippen molar-refractivity contribution in [3.8, 4) is 0 Å². The monoisotopic (exact) mass is 431 g/mol. The maximum absolute atomic E-state index is 12.6. The molecule has 32 heavy (non-hydrogen) atoms. The number of guanidine groups is 1. The normalized spacial score (nSPS) is 13.8. The van der Waals surface area contributed by atoms with Gasteiger partial charge in [-0.1, -0.05) is 36.4 Å². The largest absolute Gasteiger partial charge is 0.361 e. The lowest BCUT2D eigenvalue weighted by Gasteiger charge is -2.29. The van der Waals surface area contributed by atoms with Crippen LogP contribution in [-0.2, 0) is 24.2 Å². The van der Waals surface area contributed by atoms with Crippen molar-refractivity contribution in [2.45, 2.75) is 39.2 Å². The van der Waals surface area contributed by atoms with E-state index in [4.69, 9.17) is 0 Å². The maximum atomic E-state index is 12.6.